The van der Waals surface area contributed by atoms with Crippen molar-refractivity contribution < 1.29 is 0 Å². The van der Waals surface area contributed by atoms with E-state index in [0.717, 1.165) is 13.1 Å². The number of aromatic nitrogens is 1. The highest BCUT2D eigenvalue weighted by Crippen LogP contribution is 2.26. The molecule has 2 nitrogen and oxygen atoms in total. The van der Waals surface area contributed by atoms with E-state index in [1.54, 1.807) is 0 Å². The van der Waals surface area contributed by atoms with Crippen molar-refractivity contribution in [2.24, 2.45) is 0 Å². The second kappa shape index (κ2) is 3.38. The van der Waals surface area contributed by atoms with E-state index in [4.69, 9.17) is 0 Å². The molecule has 1 radical (unpaired) electrons. The maximum atomic E-state index is 3.52. The molecule has 2 heterocycles. The van der Waals surface area contributed by atoms with Gasteiger partial charge in [-0.2, -0.15) is 0 Å². The summed E-state index contributed by atoms with van der Waals surface area (Å²) in [5.74, 6) is 0. The van der Waals surface area contributed by atoms with Crippen molar-refractivity contribution in [1.82, 2.24) is 9.88 Å². The fourth-order valence-corrected chi connectivity index (χ4v) is 2.45. The van der Waals surface area contributed by atoms with E-state index in [0.29, 0.717) is 0 Å². The Morgan fingerprint density at radius 1 is 1.53 bits per heavy atom. The molecule has 0 bridgehead atoms. The van der Waals surface area contributed by atoms with Crippen molar-refractivity contribution in [2.45, 2.75) is 19.9 Å². The van der Waals surface area contributed by atoms with Gasteiger partial charge in [-0.25, -0.2) is 0 Å². The van der Waals surface area contributed by atoms with Crippen LogP contribution in [0.5, 0.6) is 0 Å². The number of hydrogen-bond donors (Lipinski definition) is 1. The Kier molecular flexibility index (Phi) is 2.03. The van der Waals surface area contributed by atoms with Crippen LogP contribution in [0.15, 0.2) is 18.2 Å². The molecule has 1 aromatic carbocycles. The van der Waals surface area contributed by atoms with Crippen LogP contribution in [-0.4, -0.2) is 23.0 Å². The Hall–Kier alpha value is -1.28. The molecule has 3 rings (SSSR count). The zero-order chi connectivity index (χ0) is 10.3. The minimum absolute atomic E-state index is 1.07. The largest absolute Gasteiger partial charge is 0.357 e. The summed E-state index contributed by atoms with van der Waals surface area (Å²) in [6.07, 6.45) is 1.17. The van der Waals surface area contributed by atoms with Gasteiger partial charge in [0.1, 0.15) is 0 Å². The molecule has 0 unspecified atom stereocenters. The second-order valence-electron chi connectivity index (χ2n) is 4.17. The number of rotatable bonds is 1. The van der Waals surface area contributed by atoms with Gasteiger partial charge < -0.3 is 4.98 Å². The molecule has 0 atom stereocenters. The summed E-state index contributed by atoms with van der Waals surface area (Å²) in [6, 6.07) is 9.36. The molecular formula is C13H15N2. The first-order valence-corrected chi connectivity index (χ1v) is 5.60. The van der Waals surface area contributed by atoms with Crippen LogP contribution < -0.4 is 0 Å². The molecule has 2 aromatic rings. The molecule has 1 aliphatic rings. The van der Waals surface area contributed by atoms with Crippen molar-refractivity contribution in [3.63, 3.8) is 0 Å². The smallest absolute Gasteiger partial charge is 0.0459 e. The molecule has 0 saturated heterocycles. The molecule has 77 valence electrons. The van der Waals surface area contributed by atoms with E-state index >= 15 is 0 Å². The van der Waals surface area contributed by atoms with E-state index in [1.165, 1.54) is 35.1 Å². The molecule has 1 aliphatic heterocycles. The predicted molar refractivity (Wildman–Crippen MR) is 61.8 cm³/mol. The number of nitrogens with zero attached hydrogens (tertiary/aromatic N) is 1. The summed E-state index contributed by atoms with van der Waals surface area (Å²) in [5.41, 5.74) is 4.17. The number of H-pyrrole nitrogens is 1. The first-order valence-electron chi connectivity index (χ1n) is 5.60. The van der Waals surface area contributed by atoms with Gasteiger partial charge in [-0.05, 0) is 36.7 Å². The first kappa shape index (κ1) is 8.98. The minimum Gasteiger partial charge on any atom is -0.357 e. The highest BCUT2D eigenvalue weighted by Gasteiger charge is 2.18. The molecule has 2 heteroatoms. The topological polar surface area (TPSA) is 19.0 Å². The lowest BCUT2D eigenvalue weighted by atomic mass is 10.0. The van der Waals surface area contributed by atoms with Gasteiger partial charge in [-0.3, -0.25) is 4.90 Å². The quantitative estimate of drug-likeness (QED) is 0.747. The van der Waals surface area contributed by atoms with Gasteiger partial charge in [0.25, 0.3) is 0 Å². The normalized spacial score (nSPS) is 16.9. The first-order chi connectivity index (χ1) is 7.38. The third-order valence-electron chi connectivity index (χ3n) is 3.35. The van der Waals surface area contributed by atoms with E-state index in [-0.39, 0.29) is 0 Å². The van der Waals surface area contributed by atoms with E-state index in [2.05, 4.69) is 35.0 Å². The zero-order valence-electron chi connectivity index (χ0n) is 9.01. The van der Waals surface area contributed by atoms with Gasteiger partial charge in [0, 0.05) is 29.7 Å². The maximum absolute atomic E-state index is 3.52. The Morgan fingerprint density at radius 2 is 2.47 bits per heavy atom. The monoisotopic (exact) mass is 199 g/mol. The molecule has 0 fully saturated rings. The molecule has 1 aromatic heterocycles. The van der Waals surface area contributed by atoms with Crippen LogP contribution in [0.2, 0.25) is 0 Å². The van der Waals surface area contributed by atoms with Crippen LogP contribution in [0, 0.1) is 6.07 Å². The number of likely N-dealkylation sites (N-methyl/N-ethyl adjacent to an activating group) is 1. The van der Waals surface area contributed by atoms with E-state index < -0.39 is 0 Å². The van der Waals surface area contributed by atoms with Gasteiger partial charge in [-0.1, -0.05) is 13.0 Å². The third-order valence-corrected chi connectivity index (χ3v) is 3.35. The molecule has 0 amide bonds. The van der Waals surface area contributed by atoms with Crippen molar-refractivity contribution in [2.75, 3.05) is 13.1 Å². The molecule has 0 spiro atoms. The molecule has 1 N–H and O–H groups in total. The molecule has 0 aliphatic carbocycles. The van der Waals surface area contributed by atoms with Gasteiger partial charge in [0.15, 0.2) is 0 Å². The average Bonchev–Trinajstić information content (AvgIpc) is 2.66. The van der Waals surface area contributed by atoms with Crippen LogP contribution in [0.4, 0.5) is 0 Å². The summed E-state index contributed by atoms with van der Waals surface area (Å²) in [7, 11) is 0. The fourth-order valence-electron chi connectivity index (χ4n) is 2.45. The fraction of sp³-hybridized carbons (Fsp3) is 0.385. The standard InChI is InChI=1S/C13H15N2/c1-2-15-8-7-11-10-5-3-4-6-12(10)14-13(11)9-15/h4-6,14H,2,7-9H2,1H3. The van der Waals surface area contributed by atoms with Crippen molar-refractivity contribution >= 4 is 10.9 Å². The highest BCUT2D eigenvalue weighted by molar-refractivity contribution is 5.84. The van der Waals surface area contributed by atoms with Crippen molar-refractivity contribution in [3.05, 3.63) is 35.5 Å². The Balaban J connectivity index is 2.12. The lowest BCUT2D eigenvalue weighted by molar-refractivity contribution is 0.266. The molecule has 0 saturated carbocycles. The van der Waals surface area contributed by atoms with E-state index in [9.17, 15) is 0 Å². The van der Waals surface area contributed by atoms with Crippen LogP contribution >= 0.6 is 0 Å². The number of benzene rings is 1. The minimum atomic E-state index is 1.07. The lowest BCUT2D eigenvalue weighted by Gasteiger charge is -2.25. The zero-order valence-corrected chi connectivity index (χ0v) is 9.01. The Morgan fingerprint density at radius 3 is 3.33 bits per heavy atom. The van der Waals surface area contributed by atoms with Crippen molar-refractivity contribution in [3.8, 4) is 0 Å². The van der Waals surface area contributed by atoms with Gasteiger partial charge in [0.2, 0.25) is 0 Å². The molecule has 15 heavy (non-hydrogen) atoms. The van der Waals surface area contributed by atoms with Crippen LogP contribution in [0.3, 0.4) is 0 Å². The lowest BCUT2D eigenvalue weighted by Crippen LogP contribution is -2.29. The highest BCUT2D eigenvalue weighted by atomic mass is 15.1. The maximum Gasteiger partial charge on any atom is 0.0459 e. The van der Waals surface area contributed by atoms with Gasteiger partial charge in [0.05, 0.1) is 0 Å². The number of fused-ring (bicyclic) bond motifs is 3. The Bertz CT molecular complexity index is 484. The number of hydrogen-bond acceptors (Lipinski definition) is 1. The second-order valence-corrected chi connectivity index (χ2v) is 4.17. The summed E-state index contributed by atoms with van der Waals surface area (Å²) < 4.78 is 0. The van der Waals surface area contributed by atoms with Crippen LogP contribution in [-0.2, 0) is 13.0 Å². The number of nitrogens with one attached hydrogen (secondary N) is 1. The third kappa shape index (κ3) is 1.37. The summed E-state index contributed by atoms with van der Waals surface area (Å²) in [6.45, 7) is 5.62. The number of aromatic amines is 1. The van der Waals surface area contributed by atoms with E-state index in [1.807, 2.05) is 6.07 Å². The average molecular weight is 199 g/mol. The van der Waals surface area contributed by atoms with Crippen LogP contribution in [0.25, 0.3) is 10.9 Å². The summed E-state index contributed by atoms with van der Waals surface area (Å²) in [4.78, 5) is 5.99. The van der Waals surface area contributed by atoms with Crippen LogP contribution in [0.1, 0.15) is 18.2 Å². The molecular weight excluding hydrogens is 184 g/mol. The summed E-state index contributed by atoms with van der Waals surface area (Å²) >= 11 is 0. The van der Waals surface area contributed by atoms with Gasteiger partial charge in [-0.15, -0.1) is 0 Å². The predicted octanol–water partition coefficient (Wildman–Crippen LogP) is 2.35. The SMILES string of the molecule is CCN1CCc2c([nH]c3cc[c]cc23)C1. The van der Waals surface area contributed by atoms with Crippen molar-refractivity contribution in [1.29, 1.82) is 0 Å². The Labute approximate surface area is 89.9 Å². The van der Waals surface area contributed by atoms with Gasteiger partial charge >= 0.3 is 0 Å². The summed E-state index contributed by atoms with van der Waals surface area (Å²) in [5, 5.41) is 1.36.